The Labute approximate surface area is 218 Å². The third-order valence-corrected chi connectivity index (χ3v) is 3.13. The van der Waals surface area contributed by atoms with Crippen LogP contribution < -0.4 is 16.1 Å². The van der Waals surface area contributed by atoms with Crippen LogP contribution in [-0.2, 0) is 28.7 Å². The molecule has 0 spiro atoms. The van der Waals surface area contributed by atoms with Gasteiger partial charge in [0.1, 0.15) is 17.2 Å². The molecule has 2 atom stereocenters. The number of hydrogen-bond donors (Lipinski definition) is 6. The number of aliphatic carboxylic acids is 1. The van der Waals surface area contributed by atoms with E-state index in [-0.39, 0.29) is 12.4 Å². The summed E-state index contributed by atoms with van der Waals surface area (Å²) in [5, 5.41) is 31.3. The number of aliphatic hydroxyl groups is 2. The number of ether oxygens (including phenoxy) is 2. The van der Waals surface area contributed by atoms with Crippen LogP contribution in [0.4, 0.5) is 9.59 Å². The van der Waals surface area contributed by atoms with E-state index in [1.165, 1.54) is 14.2 Å². The van der Waals surface area contributed by atoms with Crippen LogP contribution in [0.2, 0.25) is 0 Å². The van der Waals surface area contributed by atoms with E-state index in [4.69, 9.17) is 24.8 Å². The quantitative estimate of drug-likeness (QED) is 0.221. The van der Waals surface area contributed by atoms with Gasteiger partial charge in [-0.2, -0.15) is 0 Å². The molecule has 0 aromatic rings. The lowest BCUT2D eigenvalue weighted by molar-refractivity contribution is -0.171. The van der Waals surface area contributed by atoms with Crippen LogP contribution in [0.3, 0.4) is 0 Å². The first-order valence-corrected chi connectivity index (χ1v) is 10.3. The van der Waals surface area contributed by atoms with Crippen molar-refractivity contribution in [2.75, 3.05) is 41.5 Å². The minimum absolute atomic E-state index is 0. The average Bonchev–Trinajstić information content (AvgIpc) is 2.72. The number of carboxylic acids is 1. The molecule has 0 heterocycles. The number of aliphatic hydroxyl groups excluding tert-OH is 2. The maximum Gasteiger partial charge on any atom is 0.408 e. The molecule has 0 saturated carbocycles. The van der Waals surface area contributed by atoms with Crippen LogP contribution in [0.25, 0.3) is 0 Å². The van der Waals surface area contributed by atoms with Gasteiger partial charge in [-0.3, -0.25) is 9.63 Å². The Morgan fingerprint density at radius 2 is 1.17 bits per heavy atom. The summed E-state index contributed by atoms with van der Waals surface area (Å²) in [6.07, 6.45) is -1.63. The number of hydroxylamine groups is 3. The van der Waals surface area contributed by atoms with Crippen molar-refractivity contribution in [3.8, 4) is 0 Å². The molecule has 216 valence electrons. The van der Waals surface area contributed by atoms with Gasteiger partial charge in [0.2, 0.25) is 0 Å². The summed E-state index contributed by atoms with van der Waals surface area (Å²) in [4.78, 5) is 53.3. The second-order valence-corrected chi connectivity index (χ2v) is 8.53. The van der Waals surface area contributed by atoms with Crippen molar-refractivity contribution in [1.29, 1.82) is 0 Å². The van der Waals surface area contributed by atoms with E-state index in [9.17, 15) is 19.2 Å². The zero-order chi connectivity index (χ0) is 28.4. The summed E-state index contributed by atoms with van der Waals surface area (Å²) in [7, 11) is 5.96. The molecular weight excluding hydrogens is 508 g/mol. The normalized spacial score (nSPS) is 12.0. The highest BCUT2D eigenvalue weighted by Crippen LogP contribution is 2.07. The van der Waals surface area contributed by atoms with Crippen molar-refractivity contribution in [1.82, 2.24) is 21.2 Å². The van der Waals surface area contributed by atoms with Crippen molar-refractivity contribution in [3.63, 3.8) is 0 Å². The smallest absolute Gasteiger partial charge is 0.408 e. The SMILES string of the molecule is CC(C)(C)OC(=O)N[C@H](CO)C(=O)O.CNOC.CON(C)C(=O)[C@@H](CO)NC(=O)OC(C)(C)C.Cl. The fourth-order valence-corrected chi connectivity index (χ4v) is 1.58. The average molecular weight is 551 g/mol. The third-order valence-electron chi connectivity index (χ3n) is 3.13. The van der Waals surface area contributed by atoms with Gasteiger partial charge in [0.15, 0.2) is 6.04 Å². The van der Waals surface area contributed by atoms with E-state index in [0.717, 1.165) is 5.06 Å². The molecular formula is C20H43ClN4O11. The van der Waals surface area contributed by atoms with Crippen molar-refractivity contribution < 1.29 is 53.6 Å². The number of likely N-dealkylation sites (N-methyl/N-ethyl adjacent to an activating group) is 1. The van der Waals surface area contributed by atoms with Crippen LogP contribution in [0, 0.1) is 0 Å². The number of amides is 3. The van der Waals surface area contributed by atoms with Crippen LogP contribution in [0.5, 0.6) is 0 Å². The fourth-order valence-electron chi connectivity index (χ4n) is 1.58. The van der Waals surface area contributed by atoms with E-state index >= 15 is 0 Å². The molecule has 0 aliphatic carbocycles. The molecule has 16 heteroatoms. The number of rotatable bonds is 8. The van der Waals surface area contributed by atoms with Gasteiger partial charge in [-0.1, -0.05) is 0 Å². The molecule has 0 aromatic heterocycles. The van der Waals surface area contributed by atoms with Gasteiger partial charge in [0.05, 0.1) is 27.4 Å². The monoisotopic (exact) mass is 550 g/mol. The first-order valence-electron chi connectivity index (χ1n) is 10.3. The highest BCUT2D eigenvalue weighted by molar-refractivity contribution is 5.85. The minimum atomic E-state index is -1.33. The Kier molecular flexibility index (Phi) is 23.5. The predicted molar refractivity (Wildman–Crippen MR) is 131 cm³/mol. The van der Waals surface area contributed by atoms with Gasteiger partial charge in [0.25, 0.3) is 5.91 Å². The van der Waals surface area contributed by atoms with Crippen LogP contribution in [0.1, 0.15) is 41.5 Å². The Hall–Kier alpha value is -2.43. The molecule has 0 radical (unpaired) electrons. The standard InChI is InChI=1S/C10H20N2O5.C8H15NO5.C2H7NO.ClH/c1-10(2,3)17-9(15)11-7(6-13)8(14)12(4)16-5;1-8(2,3)14-7(13)9-5(4-10)6(11)12;1-3-4-2;/h7,13H,6H2,1-5H3,(H,11,15);5,10H,4H2,1-3H3,(H,9,13)(H,11,12);3H,1-2H3;1H/t7-;5-;;/m11../s1. The maximum atomic E-state index is 11.6. The zero-order valence-electron chi connectivity index (χ0n) is 22.5. The molecule has 0 aliphatic heterocycles. The van der Waals surface area contributed by atoms with Crippen molar-refractivity contribution in [2.45, 2.75) is 64.8 Å². The molecule has 15 nitrogen and oxygen atoms in total. The summed E-state index contributed by atoms with van der Waals surface area (Å²) < 4.78 is 9.76. The van der Waals surface area contributed by atoms with Gasteiger partial charge in [-0.15, -0.1) is 12.4 Å². The molecule has 36 heavy (non-hydrogen) atoms. The highest BCUT2D eigenvalue weighted by Gasteiger charge is 2.26. The fraction of sp³-hybridized carbons (Fsp3) is 0.800. The molecule has 0 bridgehead atoms. The van der Waals surface area contributed by atoms with Gasteiger partial charge in [-0.25, -0.2) is 24.9 Å². The van der Waals surface area contributed by atoms with E-state index in [2.05, 4.69) is 20.5 Å². The molecule has 0 rings (SSSR count). The van der Waals surface area contributed by atoms with Crippen molar-refractivity contribution >= 4 is 36.5 Å². The van der Waals surface area contributed by atoms with Crippen LogP contribution >= 0.6 is 12.4 Å². The van der Waals surface area contributed by atoms with Crippen molar-refractivity contribution in [2.24, 2.45) is 0 Å². The Morgan fingerprint density at radius 3 is 1.39 bits per heavy atom. The summed E-state index contributed by atoms with van der Waals surface area (Å²) in [5.41, 5.74) is 1.07. The lowest BCUT2D eigenvalue weighted by atomic mass is 10.2. The van der Waals surface area contributed by atoms with Crippen LogP contribution in [0.15, 0.2) is 0 Å². The summed E-state index contributed by atoms with van der Waals surface area (Å²) in [6.45, 7) is 8.85. The van der Waals surface area contributed by atoms with E-state index < -0.39 is 60.6 Å². The number of nitrogens with one attached hydrogen (secondary N) is 3. The molecule has 0 aromatic carbocycles. The number of carbonyl (C=O) groups is 4. The zero-order valence-corrected chi connectivity index (χ0v) is 23.3. The molecule has 0 fully saturated rings. The number of alkyl carbamates (subject to hydrolysis) is 2. The number of nitrogens with zero attached hydrogens (tertiary/aromatic N) is 1. The van der Waals surface area contributed by atoms with E-state index in [0.29, 0.717) is 0 Å². The number of hydrogen-bond acceptors (Lipinski definition) is 11. The molecule has 6 N–H and O–H groups in total. The Bertz CT molecular complexity index is 638. The van der Waals surface area contributed by atoms with Crippen LogP contribution in [-0.4, -0.2) is 109 Å². The first kappa shape index (κ1) is 40.7. The molecule has 0 unspecified atom stereocenters. The number of halogens is 1. The summed E-state index contributed by atoms with van der Waals surface area (Å²) in [6, 6.07) is -2.42. The third kappa shape index (κ3) is 24.7. The topological polar surface area (TPSA) is 205 Å². The molecule has 0 aliphatic rings. The second-order valence-electron chi connectivity index (χ2n) is 8.53. The van der Waals surface area contributed by atoms with Gasteiger partial charge in [0, 0.05) is 14.1 Å². The number of carbonyl (C=O) groups excluding carboxylic acids is 3. The lowest BCUT2D eigenvalue weighted by Gasteiger charge is -2.24. The summed E-state index contributed by atoms with van der Waals surface area (Å²) in [5.74, 6) is -1.88. The maximum absolute atomic E-state index is 11.6. The first-order chi connectivity index (χ1) is 15.9. The lowest BCUT2D eigenvalue weighted by Crippen LogP contribution is -2.50. The highest BCUT2D eigenvalue weighted by atomic mass is 35.5. The van der Waals surface area contributed by atoms with Gasteiger partial charge in [-0.05, 0) is 41.5 Å². The van der Waals surface area contributed by atoms with Crippen molar-refractivity contribution in [3.05, 3.63) is 0 Å². The number of carboxylic acid groups (broad SMARTS) is 1. The summed E-state index contributed by atoms with van der Waals surface area (Å²) >= 11 is 0. The van der Waals surface area contributed by atoms with E-state index in [1.807, 2.05) is 5.32 Å². The van der Waals surface area contributed by atoms with E-state index in [1.54, 1.807) is 55.7 Å². The Balaban J connectivity index is -0.000000244. The van der Waals surface area contributed by atoms with Gasteiger partial charge < -0.3 is 40.3 Å². The molecule has 3 amide bonds. The largest absolute Gasteiger partial charge is 0.480 e. The second kappa shape index (κ2) is 20.7. The predicted octanol–water partition coefficient (Wildman–Crippen LogP) is 0.0374. The minimum Gasteiger partial charge on any atom is -0.480 e. The molecule has 0 saturated heterocycles. The van der Waals surface area contributed by atoms with Gasteiger partial charge >= 0.3 is 18.2 Å². The Morgan fingerprint density at radius 1 is 0.833 bits per heavy atom.